The Balaban J connectivity index is 1.28. The fraction of sp³-hybridized carbons (Fsp3) is 0.765. The molecule has 0 radical (unpaired) electrons. The van der Waals surface area contributed by atoms with Crippen molar-refractivity contribution in [2.75, 3.05) is 7.05 Å². The van der Waals surface area contributed by atoms with E-state index in [0.29, 0.717) is 36.4 Å². The molecule has 25 heavy (non-hydrogen) atoms. The number of nitrogens with two attached hydrogens (primary N) is 1. The molecule has 5 rings (SSSR count). The Morgan fingerprint density at radius 2 is 1.92 bits per heavy atom. The Morgan fingerprint density at radius 3 is 2.60 bits per heavy atom. The normalized spacial score (nSPS) is 26.2. The van der Waals surface area contributed by atoms with Crippen LogP contribution in [0.2, 0.25) is 0 Å². The van der Waals surface area contributed by atoms with Crippen LogP contribution >= 0.6 is 0 Å². The molecule has 0 aromatic carbocycles. The van der Waals surface area contributed by atoms with E-state index in [2.05, 4.69) is 36.9 Å². The van der Waals surface area contributed by atoms with Crippen LogP contribution in [0, 0.1) is 0 Å². The molecule has 8 heteroatoms. The van der Waals surface area contributed by atoms with E-state index in [-0.39, 0.29) is 0 Å². The third kappa shape index (κ3) is 3.08. The molecule has 0 bridgehead atoms. The SMILES string of the molecule is CN(Cc1nc(C2CC2)no1)Cc1nnc(C2CC(N)C2)n1C1CC1. The Morgan fingerprint density at radius 1 is 1.12 bits per heavy atom. The van der Waals surface area contributed by atoms with Gasteiger partial charge in [0.05, 0.1) is 13.1 Å². The van der Waals surface area contributed by atoms with E-state index in [4.69, 9.17) is 10.3 Å². The first-order valence-corrected chi connectivity index (χ1v) is 9.37. The summed E-state index contributed by atoms with van der Waals surface area (Å²) in [5.41, 5.74) is 5.96. The second-order valence-corrected chi connectivity index (χ2v) is 8.00. The minimum Gasteiger partial charge on any atom is -0.338 e. The van der Waals surface area contributed by atoms with Crippen LogP contribution in [0.25, 0.3) is 0 Å². The van der Waals surface area contributed by atoms with Gasteiger partial charge >= 0.3 is 0 Å². The van der Waals surface area contributed by atoms with Crippen LogP contribution in [-0.4, -0.2) is 42.9 Å². The predicted molar refractivity (Wildman–Crippen MR) is 89.7 cm³/mol. The van der Waals surface area contributed by atoms with Gasteiger partial charge in [-0.1, -0.05) is 5.16 Å². The standard InChI is InChI=1S/C17H25N7O/c1-23(9-15-19-16(22-25-15)10-2-3-10)8-14-20-21-17(11-6-12(18)7-11)24(14)13-4-5-13/h10-13H,2-9,18H2,1H3. The van der Waals surface area contributed by atoms with Crippen LogP contribution in [0.3, 0.4) is 0 Å². The van der Waals surface area contributed by atoms with Crippen molar-refractivity contribution >= 4 is 0 Å². The van der Waals surface area contributed by atoms with Gasteiger partial charge in [0.2, 0.25) is 5.89 Å². The molecule has 0 atom stereocenters. The maximum atomic E-state index is 5.96. The fourth-order valence-corrected chi connectivity index (χ4v) is 3.69. The Labute approximate surface area is 146 Å². The van der Waals surface area contributed by atoms with Crippen molar-refractivity contribution in [2.45, 2.75) is 75.5 Å². The lowest BCUT2D eigenvalue weighted by atomic mass is 9.80. The summed E-state index contributed by atoms with van der Waals surface area (Å²) < 4.78 is 7.76. The number of aromatic nitrogens is 5. The Hall–Kier alpha value is -1.80. The maximum Gasteiger partial charge on any atom is 0.240 e. The smallest absolute Gasteiger partial charge is 0.240 e. The van der Waals surface area contributed by atoms with E-state index in [1.807, 2.05) is 0 Å². The molecule has 134 valence electrons. The van der Waals surface area contributed by atoms with Gasteiger partial charge in [-0.3, -0.25) is 4.90 Å². The molecular weight excluding hydrogens is 318 g/mol. The molecule has 2 aromatic heterocycles. The second-order valence-electron chi connectivity index (χ2n) is 8.00. The summed E-state index contributed by atoms with van der Waals surface area (Å²) in [5.74, 6) is 4.75. The summed E-state index contributed by atoms with van der Waals surface area (Å²) in [6, 6.07) is 0.911. The van der Waals surface area contributed by atoms with Gasteiger partial charge in [0.15, 0.2) is 5.82 Å². The molecule has 2 aromatic rings. The first-order valence-electron chi connectivity index (χ1n) is 9.37. The van der Waals surface area contributed by atoms with Gasteiger partial charge in [-0.25, -0.2) is 0 Å². The topological polar surface area (TPSA) is 98.9 Å². The van der Waals surface area contributed by atoms with Crippen molar-refractivity contribution in [3.05, 3.63) is 23.4 Å². The zero-order valence-corrected chi connectivity index (χ0v) is 14.6. The van der Waals surface area contributed by atoms with Crippen molar-refractivity contribution in [2.24, 2.45) is 5.73 Å². The summed E-state index contributed by atoms with van der Waals surface area (Å²) in [7, 11) is 2.06. The Bertz CT molecular complexity index is 755. The van der Waals surface area contributed by atoms with E-state index in [1.54, 1.807) is 0 Å². The summed E-state index contributed by atoms with van der Waals surface area (Å²) in [6.45, 7) is 1.38. The minimum absolute atomic E-state index is 0.332. The van der Waals surface area contributed by atoms with Crippen LogP contribution in [0.15, 0.2) is 4.52 Å². The lowest BCUT2D eigenvalue weighted by Crippen LogP contribution is -2.36. The van der Waals surface area contributed by atoms with Crippen molar-refractivity contribution < 1.29 is 4.52 Å². The number of hydrogen-bond acceptors (Lipinski definition) is 7. The first kappa shape index (κ1) is 15.5. The average Bonchev–Trinajstić information content (AvgIpc) is 3.48. The fourth-order valence-electron chi connectivity index (χ4n) is 3.69. The maximum absolute atomic E-state index is 5.96. The molecule has 0 unspecified atom stereocenters. The van der Waals surface area contributed by atoms with Crippen LogP contribution in [-0.2, 0) is 13.1 Å². The van der Waals surface area contributed by atoms with E-state index in [0.717, 1.165) is 36.9 Å². The molecule has 0 aliphatic heterocycles. The summed E-state index contributed by atoms with van der Waals surface area (Å²) in [4.78, 5) is 6.68. The number of nitrogens with zero attached hydrogens (tertiary/aromatic N) is 6. The van der Waals surface area contributed by atoms with E-state index < -0.39 is 0 Å². The number of hydrogen-bond donors (Lipinski definition) is 1. The van der Waals surface area contributed by atoms with Crippen molar-refractivity contribution in [1.29, 1.82) is 0 Å². The van der Waals surface area contributed by atoms with Crippen LogP contribution in [0.1, 0.15) is 79.8 Å². The molecule has 3 saturated carbocycles. The van der Waals surface area contributed by atoms with Gasteiger partial charge in [-0.2, -0.15) is 4.98 Å². The lowest BCUT2D eigenvalue weighted by Gasteiger charge is -2.32. The van der Waals surface area contributed by atoms with Gasteiger partial charge in [-0.05, 0) is 45.6 Å². The Kier molecular flexibility index (Phi) is 3.63. The van der Waals surface area contributed by atoms with Crippen LogP contribution in [0.4, 0.5) is 0 Å². The van der Waals surface area contributed by atoms with E-state index in [9.17, 15) is 0 Å². The zero-order chi connectivity index (χ0) is 17.0. The second kappa shape index (κ2) is 5.88. The number of rotatable bonds is 7. The van der Waals surface area contributed by atoms with Gasteiger partial charge in [0.1, 0.15) is 11.6 Å². The molecule has 2 N–H and O–H groups in total. The third-order valence-electron chi connectivity index (χ3n) is 5.49. The van der Waals surface area contributed by atoms with Gasteiger partial charge in [0, 0.05) is 23.9 Å². The average molecular weight is 343 g/mol. The lowest BCUT2D eigenvalue weighted by molar-refractivity contribution is 0.251. The quantitative estimate of drug-likeness (QED) is 0.817. The first-order chi connectivity index (χ1) is 12.2. The van der Waals surface area contributed by atoms with E-state index >= 15 is 0 Å². The highest BCUT2D eigenvalue weighted by atomic mass is 16.5. The molecular formula is C17H25N7O. The van der Waals surface area contributed by atoms with Gasteiger partial charge < -0.3 is 14.8 Å². The molecule has 3 aliphatic carbocycles. The van der Waals surface area contributed by atoms with Crippen molar-refractivity contribution in [1.82, 2.24) is 29.8 Å². The highest BCUT2D eigenvalue weighted by molar-refractivity contribution is 5.12. The third-order valence-corrected chi connectivity index (χ3v) is 5.49. The van der Waals surface area contributed by atoms with Crippen molar-refractivity contribution in [3.8, 4) is 0 Å². The summed E-state index contributed by atoms with van der Waals surface area (Å²) >= 11 is 0. The van der Waals surface area contributed by atoms with Crippen LogP contribution in [0.5, 0.6) is 0 Å². The van der Waals surface area contributed by atoms with Gasteiger partial charge in [-0.15, -0.1) is 10.2 Å². The predicted octanol–water partition coefficient (Wildman–Crippen LogP) is 1.71. The molecule has 3 aliphatic rings. The molecule has 0 saturated heterocycles. The molecule has 0 spiro atoms. The summed E-state index contributed by atoms with van der Waals surface area (Å²) in [5, 5.41) is 13.1. The van der Waals surface area contributed by atoms with E-state index in [1.165, 1.54) is 25.7 Å². The van der Waals surface area contributed by atoms with Crippen molar-refractivity contribution in [3.63, 3.8) is 0 Å². The van der Waals surface area contributed by atoms with Crippen LogP contribution < -0.4 is 5.73 Å². The molecule has 2 heterocycles. The monoisotopic (exact) mass is 343 g/mol. The zero-order valence-electron chi connectivity index (χ0n) is 14.6. The largest absolute Gasteiger partial charge is 0.338 e. The summed E-state index contributed by atoms with van der Waals surface area (Å²) in [6.07, 6.45) is 6.91. The molecule has 3 fully saturated rings. The molecule has 8 nitrogen and oxygen atoms in total. The molecule has 0 amide bonds. The van der Waals surface area contributed by atoms with Gasteiger partial charge in [0.25, 0.3) is 0 Å². The highest BCUT2D eigenvalue weighted by Gasteiger charge is 2.37. The minimum atomic E-state index is 0.332. The highest BCUT2D eigenvalue weighted by Crippen LogP contribution is 2.42.